The van der Waals surface area contributed by atoms with Crippen molar-refractivity contribution in [2.45, 2.75) is 44.9 Å². The van der Waals surface area contributed by atoms with Crippen LogP contribution in [0.4, 0.5) is 0 Å². The summed E-state index contributed by atoms with van der Waals surface area (Å²) in [5.74, 6) is 0. The van der Waals surface area contributed by atoms with Crippen LogP contribution in [0.3, 0.4) is 0 Å². The van der Waals surface area contributed by atoms with Gasteiger partial charge in [0, 0.05) is 19.0 Å². The minimum absolute atomic E-state index is 0.0662. The highest BCUT2D eigenvalue weighted by atomic mass is 16.7. The van der Waals surface area contributed by atoms with Crippen molar-refractivity contribution < 1.29 is 9.47 Å². The lowest BCUT2D eigenvalue weighted by molar-refractivity contribution is -0.182. The van der Waals surface area contributed by atoms with Crippen LogP contribution >= 0.6 is 0 Å². The Kier molecular flexibility index (Phi) is 3.79. The second-order valence-electron chi connectivity index (χ2n) is 4.34. The van der Waals surface area contributed by atoms with E-state index in [1.165, 1.54) is 19.4 Å². The average molecular weight is 199 g/mol. The highest BCUT2D eigenvalue weighted by molar-refractivity contribution is 4.75. The summed E-state index contributed by atoms with van der Waals surface area (Å²) in [5, 5.41) is 0. The maximum Gasteiger partial charge on any atom is 0.158 e. The molecule has 1 unspecified atom stereocenters. The Morgan fingerprint density at radius 3 is 2.64 bits per heavy atom. The predicted octanol–water partition coefficient (Wildman–Crippen LogP) is 1.62. The van der Waals surface area contributed by atoms with Gasteiger partial charge >= 0.3 is 0 Å². The number of hydrogen-bond acceptors (Lipinski definition) is 3. The van der Waals surface area contributed by atoms with E-state index in [1.807, 2.05) is 0 Å². The third-order valence-electron chi connectivity index (χ3n) is 3.24. The summed E-state index contributed by atoms with van der Waals surface area (Å²) in [4.78, 5) is 2.54. The van der Waals surface area contributed by atoms with E-state index in [-0.39, 0.29) is 6.29 Å². The smallest absolute Gasteiger partial charge is 0.158 e. The van der Waals surface area contributed by atoms with E-state index in [2.05, 4.69) is 11.8 Å². The van der Waals surface area contributed by atoms with Crippen LogP contribution in [0.15, 0.2) is 0 Å². The normalized spacial score (nSPS) is 31.1. The Morgan fingerprint density at radius 2 is 2.00 bits per heavy atom. The van der Waals surface area contributed by atoms with Crippen LogP contribution < -0.4 is 0 Å². The van der Waals surface area contributed by atoms with Gasteiger partial charge in [0.15, 0.2) is 6.29 Å². The van der Waals surface area contributed by atoms with Crippen LogP contribution in [0, 0.1) is 0 Å². The first-order chi connectivity index (χ1) is 6.86. The van der Waals surface area contributed by atoms with Crippen molar-refractivity contribution in [1.82, 2.24) is 4.90 Å². The minimum Gasteiger partial charge on any atom is -0.353 e. The topological polar surface area (TPSA) is 21.7 Å². The van der Waals surface area contributed by atoms with Crippen molar-refractivity contribution in [3.63, 3.8) is 0 Å². The van der Waals surface area contributed by atoms with Crippen LogP contribution in [-0.4, -0.2) is 43.5 Å². The molecule has 1 atom stereocenters. The summed E-state index contributed by atoms with van der Waals surface area (Å²) >= 11 is 0. The van der Waals surface area contributed by atoms with Crippen LogP contribution in [0.5, 0.6) is 0 Å². The molecule has 14 heavy (non-hydrogen) atoms. The van der Waals surface area contributed by atoms with E-state index in [1.54, 1.807) is 0 Å². The molecule has 2 saturated heterocycles. The van der Waals surface area contributed by atoms with E-state index in [0.717, 1.165) is 38.6 Å². The van der Waals surface area contributed by atoms with Gasteiger partial charge in [-0.2, -0.15) is 0 Å². The lowest BCUT2D eigenvalue weighted by Crippen LogP contribution is -2.33. The molecule has 0 bridgehead atoms. The standard InChI is InChI=1S/C11H21NO2/c1-10-4-2-6-12(10)7-5-11-13-8-3-9-14-11/h10-11H,2-9H2,1H3. The fraction of sp³-hybridized carbons (Fsp3) is 1.00. The van der Waals surface area contributed by atoms with Crippen LogP contribution in [0.1, 0.15) is 32.6 Å². The van der Waals surface area contributed by atoms with Gasteiger partial charge in [0.05, 0.1) is 13.2 Å². The molecule has 2 aliphatic rings. The lowest BCUT2D eigenvalue weighted by atomic mass is 10.2. The number of ether oxygens (including phenoxy) is 2. The van der Waals surface area contributed by atoms with Gasteiger partial charge in [0.25, 0.3) is 0 Å². The van der Waals surface area contributed by atoms with Gasteiger partial charge in [-0.3, -0.25) is 0 Å². The molecule has 0 aromatic carbocycles. The Hall–Kier alpha value is -0.120. The summed E-state index contributed by atoms with van der Waals surface area (Å²) in [7, 11) is 0. The highest BCUT2D eigenvalue weighted by Gasteiger charge is 2.22. The van der Waals surface area contributed by atoms with Gasteiger partial charge in [-0.15, -0.1) is 0 Å². The SMILES string of the molecule is CC1CCCN1CCC1OCCCO1. The van der Waals surface area contributed by atoms with Crippen LogP contribution in [0.25, 0.3) is 0 Å². The Bertz CT molecular complexity index is 169. The van der Waals surface area contributed by atoms with E-state index in [4.69, 9.17) is 9.47 Å². The Labute approximate surface area is 86.4 Å². The van der Waals surface area contributed by atoms with E-state index in [9.17, 15) is 0 Å². The summed E-state index contributed by atoms with van der Waals surface area (Å²) < 4.78 is 11.0. The summed E-state index contributed by atoms with van der Waals surface area (Å²) in [6.07, 6.45) is 4.86. The van der Waals surface area contributed by atoms with Crippen molar-refractivity contribution in [1.29, 1.82) is 0 Å². The molecule has 0 N–H and O–H groups in total. The molecule has 2 rings (SSSR count). The van der Waals surface area contributed by atoms with Gasteiger partial charge in [0.1, 0.15) is 0 Å². The zero-order chi connectivity index (χ0) is 9.80. The fourth-order valence-electron chi connectivity index (χ4n) is 2.30. The molecular formula is C11H21NO2. The average Bonchev–Trinajstić information content (AvgIpc) is 2.63. The van der Waals surface area contributed by atoms with Gasteiger partial charge in [-0.25, -0.2) is 0 Å². The second-order valence-corrected chi connectivity index (χ2v) is 4.34. The fourth-order valence-corrected chi connectivity index (χ4v) is 2.30. The summed E-state index contributed by atoms with van der Waals surface area (Å²) in [6.45, 7) is 6.45. The number of nitrogens with zero attached hydrogens (tertiary/aromatic N) is 1. The maximum atomic E-state index is 5.52. The minimum atomic E-state index is 0.0662. The first kappa shape index (κ1) is 10.4. The third kappa shape index (κ3) is 2.69. The van der Waals surface area contributed by atoms with Gasteiger partial charge in [0.2, 0.25) is 0 Å². The molecule has 2 heterocycles. The molecule has 3 heteroatoms. The predicted molar refractivity (Wildman–Crippen MR) is 55.2 cm³/mol. The number of rotatable bonds is 3. The van der Waals surface area contributed by atoms with E-state index in [0.29, 0.717) is 0 Å². The quantitative estimate of drug-likeness (QED) is 0.689. The molecule has 0 saturated carbocycles. The molecule has 0 radical (unpaired) electrons. The summed E-state index contributed by atoms with van der Waals surface area (Å²) in [6, 6.07) is 0.763. The van der Waals surface area contributed by atoms with Gasteiger partial charge in [-0.05, 0) is 32.7 Å². The Morgan fingerprint density at radius 1 is 1.21 bits per heavy atom. The molecule has 3 nitrogen and oxygen atoms in total. The molecule has 2 aliphatic heterocycles. The zero-order valence-corrected chi connectivity index (χ0v) is 9.08. The van der Waals surface area contributed by atoms with Crippen molar-refractivity contribution in [3.8, 4) is 0 Å². The van der Waals surface area contributed by atoms with Crippen LogP contribution in [0.2, 0.25) is 0 Å². The van der Waals surface area contributed by atoms with Gasteiger partial charge in [-0.1, -0.05) is 0 Å². The largest absolute Gasteiger partial charge is 0.353 e. The molecule has 0 amide bonds. The molecule has 82 valence electrons. The van der Waals surface area contributed by atoms with E-state index >= 15 is 0 Å². The third-order valence-corrected chi connectivity index (χ3v) is 3.24. The van der Waals surface area contributed by atoms with Crippen LogP contribution in [-0.2, 0) is 9.47 Å². The zero-order valence-electron chi connectivity index (χ0n) is 9.08. The van der Waals surface area contributed by atoms with Crippen molar-refractivity contribution in [2.75, 3.05) is 26.3 Å². The molecular weight excluding hydrogens is 178 g/mol. The summed E-state index contributed by atoms with van der Waals surface area (Å²) in [5.41, 5.74) is 0. The maximum absolute atomic E-state index is 5.52. The number of hydrogen-bond donors (Lipinski definition) is 0. The molecule has 2 fully saturated rings. The highest BCUT2D eigenvalue weighted by Crippen LogP contribution is 2.18. The van der Waals surface area contributed by atoms with Crippen molar-refractivity contribution in [3.05, 3.63) is 0 Å². The molecule has 0 aromatic rings. The monoisotopic (exact) mass is 199 g/mol. The Balaban J connectivity index is 1.65. The molecule has 0 aliphatic carbocycles. The number of likely N-dealkylation sites (tertiary alicyclic amines) is 1. The van der Waals surface area contributed by atoms with Gasteiger partial charge < -0.3 is 14.4 Å². The molecule has 0 spiro atoms. The second kappa shape index (κ2) is 5.10. The molecule has 0 aromatic heterocycles. The van der Waals surface area contributed by atoms with Crippen molar-refractivity contribution >= 4 is 0 Å². The van der Waals surface area contributed by atoms with E-state index < -0.39 is 0 Å². The lowest BCUT2D eigenvalue weighted by Gasteiger charge is -2.27. The van der Waals surface area contributed by atoms with Crippen molar-refractivity contribution in [2.24, 2.45) is 0 Å². The first-order valence-corrected chi connectivity index (χ1v) is 5.83. The first-order valence-electron chi connectivity index (χ1n) is 5.83.